The number of carbonyl (C=O) groups is 3. The summed E-state index contributed by atoms with van der Waals surface area (Å²) in [7, 11) is 1.60. The summed E-state index contributed by atoms with van der Waals surface area (Å²) in [4.78, 5) is 38.9. The Kier molecular flexibility index (Phi) is 7.28. The molecule has 7 heteroatoms. The zero-order valence-electron chi connectivity index (χ0n) is 18.2. The maximum Gasteiger partial charge on any atom is 0.313 e. The number of nitrogens with one attached hydrogen (secondary N) is 2. The lowest BCUT2D eigenvalue weighted by atomic mass is 9.99. The molecule has 164 valence electrons. The summed E-state index contributed by atoms with van der Waals surface area (Å²) >= 11 is 0. The first-order valence-electron chi connectivity index (χ1n) is 10.6. The van der Waals surface area contributed by atoms with Gasteiger partial charge in [0, 0.05) is 30.4 Å². The van der Waals surface area contributed by atoms with Crippen LogP contribution in [0.15, 0.2) is 42.5 Å². The fraction of sp³-hybridized carbons (Fsp3) is 0.375. The minimum Gasteiger partial charge on any atom is -0.496 e. The van der Waals surface area contributed by atoms with Crippen molar-refractivity contribution in [2.75, 3.05) is 30.4 Å². The first-order valence-corrected chi connectivity index (χ1v) is 10.6. The van der Waals surface area contributed by atoms with Crippen molar-refractivity contribution in [3.63, 3.8) is 0 Å². The second-order valence-electron chi connectivity index (χ2n) is 7.86. The molecule has 0 atom stereocenters. The minimum atomic E-state index is -0.738. The van der Waals surface area contributed by atoms with Crippen molar-refractivity contribution in [2.24, 2.45) is 5.92 Å². The number of fused-ring (bicyclic) bond motifs is 1. The molecule has 0 radical (unpaired) electrons. The van der Waals surface area contributed by atoms with E-state index in [1.807, 2.05) is 44.2 Å². The summed E-state index contributed by atoms with van der Waals surface area (Å²) in [5.41, 5.74) is 3.32. The first-order chi connectivity index (χ1) is 14.9. The molecule has 0 fully saturated rings. The molecule has 1 heterocycles. The second-order valence-corrected chi connectivity index (χ2v) is 7.86. The van der Waals surface area contributed by atoms with E-state index in [9.17, 15) is 14.4 Å². The van der Waals surface area contributed by atoms with Crippen LogP contribution in [0.3, 0.4) is 0 Å². The summed E-state index contributed by atoms with van der Waals surface area (Å²) in [5.74, 6) is -0.757. The Bertz CT molecular complexity index is 971. The second kappa shape index (κ2) is 10.1. The Labute approximate surface area is 182 Å². The molecule has 7 nitrogen and oxygen atoms in total. The number of methoxy groups -OCH3 is 1. The van der Waals surface area contributed by atoms with Gasteiger partial charge < -0.3 is 20.3 Å². The third kappa shape index (κ3) is 5.42. The average molecular weight is 424 g/mol. The Morgan fingerprint density at radius 2 is 1.87 bits per heavy atom. The van der Waals surface area contributed by atoms with Gasteiger partial charge >= 0.3 is 11.8 Å². The highest BCUT2D eigenvalue weighted by molar-refractivity contribution is 6.39. The number of rotatable bonds is 6. The highest BCUT2D eigenvalue weighted by Gasteiger charge is 2.25. The Hall–Kier alpha value is -3.35. The quantitative estimate of drug-likeness (QED) is 0.700. The normalized spacial score (nSPS) is 12.8. The van der Waals surface area contributed by atoms with Gasteiger partial charge in [-0.2, -0.15) is 0 Å². The average Bonchev–Trinajstić information content (AvgIpc) is 2.78. The van der Waals surface area contributed by atoms with Crippen molar-refractivity contribution in [1.29, 1.82) is 0 Å². The number of aryl methyl sites for hydroxylation is 1. The van der Waals surface area contributed by atoms with E-state index in [2.05, 4.69) is 10.6 Å². The standard InChI is InChI=1S/C24H29N3O4/c1-16(2)24(30)27-14-6-8-17-10-11-19(15-20(17)27)26-23(29)22(28)25-13-12-18-7-4-5-9-21(18)31-3/h4-5,7,9-11,15-16H,6,8,12-14H2,1-3H3,(H,25,28)(H,26,29). The van der Waals surface area contributed by atoms with E-state index in [1.165, 1.54) is 0 Å². The number of para-hydroxylation sites is 1. The molecule has 1 aliphatic heterocycles. The van der Waals surface area contributed by atoms with Gasteiger partial charge in [-0.3, -0.25) is 14.4 Å². The monoisotopic (exact) mass is 423 g/mol. The molecule has 0 spiro atoms. The SMILES string of the molecule is COc1ccccc1CCNC(=O)C(=O)Nc1ccc2c(c1)N(C(=O)C(C)C)CCC2. The van der Waals surface area contributed by atoms with Crippen molar-refractivity contribution < 1.29 is 19.1 Å². The number of anilines is 2. The number of ether oxygens (including phenoxy) is 1. The van der Waals surface area contributed by atoms with E-state index in [4.69, 9.17) is 4.74 Å². The first kappa shape index (κ1) is 22.3. The summed E-state index contributed by atoms with van der Waals surface area (Å²) in [6.45, 7) is 4.72. The number of amides is 3. The summed E-state index contributed by atoms with van der Waals surface area (Å²) in [5, 5.41) is 5.27. The molecule has 0 unspecified atom stereocenters. The van der Waals surface area contributed by atoms with Crippen molar-refractivity contribution >= 4 is 29.1 Å². The molecular formula is C24H29N3O4. The third-order valence-corrected chi connectivity index (χ3v) is 5.30. The smallest absolute Gasteiger partial charge is 0.313 e. The van der Waals surface area contributed by atoms with Gasteiger partial charge in [-0.15, -0.1) is 0 Å². The zero-order chi connectivity index (χ0) is 22.4. The van der Waals surface area contributed by atoms with Crippen LogP contribution >= 0.6 is 0 Å². The van der Waals surface area contributed by atoms with Crippen LogP contribution in [0.5, 0.6) is 5.75 Å². The lowest BCUT2D eigenvalue weighted by molar-refractivity contribution is -0.136. The van der Waals surface area contributed by atoms with Crippen LogP contribution in [0.25, 0.3) is 0 Å². The third-order valence-electron chi connectivity index (χ3n) is 5.30. The maximum atomic E-state index is 12.5. The van der Waals surface area contributed by atoms with Gasteiger partial charge in [0.05, 0.1) is 7.11 Å². The van der Waals surface area contributed by atoms with Crippen molar-refractivity contribution in [2.45, 2.75) is 33.1 Å². The van der Waals surface area contributed by atoms with Crippen LogP contribution in [0, 0.1) is 5.92 Å². The van der Waals surface area contributed by atoms with Crippen molar-refractivity contribution in [3.05, 3.63) is 53.6 Å². The molecule has 3 amide bonds. The molecule has 0 bridgehead atoms. The van der Waals surface area contributed by atoms with Gasteiger partial charge in [0.2, 0.25) is 5.91 Å². The van der Waals surface area contributed by atoms with Gasteiger partial charge in [0.25, 0.3) is 0 Å². The molecule has 3 rings (SSSR count). The van der Waals surface area contributed by atoms with Crippen LogP contribution in [-0.4, -0.2) is 37.9 Å². The number of benzene rings is 2. The number of hydrogen-bond donors (Lipinski definition) is 2. The van der Waals surface area contributed by atoms with Crippen LogP contribution in [0.4, 0.5) is 11.4 Å². The molecule has 31 heavy (non-hydrogen) atoms. The van der Waals surface area contributed by atoms with Gasteiger partial charge in [0.1, 0.15) is 5.75 Å². The molecule has 0 aliphatic carbocycles. The lowest BCUT2D eigenvalue weighted by Gasteiger charge is -2.31. The molecule has 2 aromatic rings. The Balaban J connectivity index is 1.60. The maximum absolute atomic E-state index is 12.5. The van der Waals surface area contributed by atoms with Crippen molar-refractivity contribution in [1.82, 2.24) is 5.32 Å². The van der Waals surface area contributed by atoms with Crippen LogP contribution in [0.2, 0.25) is 0 Å². The van der Waals surface area contributed by atoms with Gasteiger partial charge in [0.15, 0.2) is 0 Å². The fourth-order valence-corrected chi connectivity index (χ4v) is 3.68. The number of hydrogen-bond acceptors (Lipinski definition) is 4. The van der Waals surface area contributed by atoms with Crippen molar-refractivity contribution in [3.8, 4) is 5.75 Å². The summed E-state index contributed by atoms with van der Waals surface area (Å²) in [6, 6.07) is 13.0. The molecule has 0 saturated heterocycles. The van der Waals surface area contributed by atoms with E-state index in [1.54, 1.807) is 24.1 Å². The topological polar surface area (TPSA) is 87.7 Å². The highest BCUT2D eigenvalue weighted by Crippen LogP contribution is 2.31. The van der Waals surface area contributed by atoms with E-state index in [0.717, 1.165) is 35.4 Å². The minimum absolute atomic E-state index is 0.0542. The van der Waals surface area contributed by atoms with Crippen LogP contribution in [-0.2, 0) is 27.2 Å². The number of nitrogens with zero attached hydrogens (tertiary/aromatic N) is 1. The molecule has 2 N–H and O–H groups in total. The lowest BCUT2D eigenvalue weighted by Crippen LogP contribution is -2.38. The molecule has 0 saturated carbocycles. The molecule has 2 aromatic carbocycles. The van der Waals surface area contributed by atoms with Gasteiger partial charge in [-0.1, -0.05) is 38.1 Å². The fourth-order valence-electron chi connectivity index (χ4n) is 3.68. The predicted octanol–water partition coefficient (Wildman–Crippen LogP) is 2.93. The van der Waals surface area contributed by atoms with Gasteiger partial charge in [-0.05, 0) is 48.6 Å². The summed E-state index contributed by atoms with van der Waals surface area (Å²) < 4.78 is 5.29. The largest absolute Gasteiger partial charge is 0.496 e. The van der Waals surface area contributed by atoms with E-state index >= 15 is 0 Å². The number of carbonyl (C=O) groups excluding carboxylic acids is 3. The predicted molar refractivity (Wildman–Crippen MR) is 120 cm³/mol. The molecule has 0 aromatic heterocycles. The Morgan fingerprint density at radius 3 is 2.61 bits per heavy atom. The molecule has 1 aliphatic rings. The zero-order valence-corrected chi connectivity index (χ0v) is 18.2. The molecular weight excluding hydrogens is 394 g/mol. The van der Waals surface area contributed by atoms with Crippen LogP contribution < -0.4 is 20.3 Å². The van der Waals surface area contributed by atoms with E-state index in [0.29, 0.717) is 25.2 Å². The highest BCUT2D eigenvalue weighted by atomic mass is 16.5. The Morgan fingerprint density at radius 1 is 1.10 bits per heavy atom. The van der Waals surface area contributed by atoms with E-state index < -0.39 is 11.8 Å². The van der Waals surface area contributed by atoms with E-state index in [-0.39, 0.29) is 11.8 Å². The van der Waals surface area contributed by atoms with Gasteiger partial charge in [-0.25, -0.2) is 0 Å². The van der Waals surface area contributed by atoms with Crippen LogP contribution in [0.1, 0.15) is 31.4 Å². The summed E-state index contributed by atoms with van der Waals surface area (Å²) in [6.07, 6.45) is 2.34.